The number of rotatable bonds is 6. The largest absolute Gasteiger partial charge is 0.388 e. The van der Waals surface area contributed by atoms with Crippen molar-refractivity contribution < 1.29 is 0 Å². The molecule has 0 aliphatic heterocycles. The van der Waals surface area contributed by atoms with Crippen molar-refractivity contribution in [3.05, 3.63) is 18.1 Å². The molecule has 1 aliphatic carbocycles. The highest BCUT2D eigenvalue weighted by Crippen LogP contribution is 2.34. The maximum Gasteiger partial charge on any atom is 0.155 e. The first-order chi connectivity index (χ1) is 8.20. The van der Waals surface area contributed by atoms with Crippen LogP contribution in [0.5, 0.6) is 0 Å². The zero-order valence-electron chi connectivity index (χ0n) is 10.0. The van der Waals surface area contributed by atoms with Gasteiger partial charge in [-0.2, -0.15) is 0 Å². The summed E-state index contributed by atoms with van der Waals surface area (Å²) in [6, 6.07) is 0.437. The zero-order valence-corrected chi connectivity index (χ0v) is 10.8. The summed E-state index contributed by atoms with van der Waals surface area (Å²) in [6.45, 7) is 2.18. The van der Waals surface area contributed by atoms with Gasteiger partial charge in [0.25, 0.3) is 0 Å². The second kappa shape index (κ2) is 5.40. The predicted octanol–water partition coefficient (Wildman–Crippen LogP) is 2.10. The van der Waals surface area contributed by atoms with E-state index in [0.29, 0.717) is 22.5 Å². The number of aromatic nitrogens is 2. The normalized spacial score (nSPS) is 16.5. The maximum atomic E-state index is 5.63. The van der Waals surface area contributed by atoms with Gasteiger partial charge in [-0.1, -0.05) is 32.0 Å². The van der Waals surface area contributed by atoms with Crippen LogP contribution in [0.2, 0.25) is 0 Å². The summed E-state index contributed by atoms with van der Waals surface area (Å²) in [5.41, 5.74) is 6.23. The Hall–Kier alpha value is -1.23. The van der Waals surface area contributed by atoms with Crippen molar-refractivity contribution in [2.24, 2.45) is 11.7 Å². The van der Waals surface area contributed by atoms with Crippen LogP contribution in [0.4, 0.5) is 5.82 Å². The molecule has 4 nitrogen and oxygen atoms in total. The fraction of sp³-hybridized carbons (Fsp3) is 0.583. The Balaban J connectivity index is 2.07. The minimum atomic E-state index is 0.293. The first kappa shape index (κ1) is 12.2. The molecule has 1 unspecified atom stereocenters. The average molecular weight is 250 g/mol. The predicted molar refractivity (Wildman–Crippen MR) is 73.0 cm³/mol. The highest BCUT2D eigenvalue weighted by atomic mass is 32.1. The molecule has 0 amide bonds. The van der Waals surface area contributed by atoms with E-state index < -0.39 is 0 Å². The first-order valence-corrected chi connectivity index (χ1v) is 6.49. The van der Waals surface area contributed by atoms with Gasteiger partial charge in [-0.3, -0.25) is 0 Å². The standard InChI is InChI=1S/C12H18N4S/c1-2-9(7-8-3-4-8)16-12-10(11(13)17)14-5-6-15-12/h5-6,8-9H,2-4,7H2,1H3,(H2,13,17)(H,15,16). The third-order valence-electron chi connectivity index (χ3n) is 3.08. The number of nitrogens with two attached hydrogens (primary N) is 1. The molecule has 0 aromatic carbocycles. The van der Waals surface area contributed by atoms with E-state index in [0.717, 1.165) is 12.3 Å². The molecule has 1 aromatic rings. The smallest absolute Gasteiger partial charge is 0.155 e. The van der Waals surface area contributed by atoms with Crippen molar-refractivity contribution >= 4 is 23.0 Å². The molecule has 0 spiro atoms. The third kappa shape index (κ3) is 3.36. The molecule has 0 saturated heterocycles. The summed E-state index contributed by atoms with van der Waals surface area (Å²) < 4.78 is 0. The molecule has 1 fully saturated rings. The minimum absolute atomic E-state index is 0.293. The molecule has 5 heteroatoms. The van der Waals surface area contributed by atoms with Gasteiger partial charge < -0.3 is 11.1 Å². The first-order valence-electron chi connectivity index (χ1n) is 6.08. The highest BCUT2D eigenvalue weighted by Gasteiger charge is 2.25. The van der Waals surface area contributed by atoms with Gasteiger partial charge in [0.2, 0.25) is 0 Å². The van der Waals surface area contributed by atoms with Gasteiger partial charge in [0.05, 0.1) is 0 Å². The van der Waals surface area contributed by atoms with Crippen LogP contribution in [-0.4, -0.2) is 21.0 Å². The van der Waals surface area contributed by atoms with Gasteiger partial charge >= 0.3 is 0 Å². The lowest BCUT2D eigenvalue weighted by atomic mass is 10.1. The summed E-state index contributed by atoms with van der Waals surface area (Å²) in [5.74, 6) is 1.60. The summed E-state index contributed by atoms with van der Waals surface area (Å²) in [5, 5.41) is 3.41. The number of hydrogen-bond acceptors (Lipinski definition) is 4. The lowest BCUT2D eigenvalue weighted by molar-refractivity contribution is 0.584. The van der Waals surface area contributed by atoms with E-state index in [-0.39, 0.29) is 0 Å². The Kier molecular flexibility index (Phi) is 3.89. The quantitative estimate of drug-likeness (QED) is 0.757. The molecule has 1 aliphatic rings. The average Bonchev–Trinajstić information content (AvgIpc) is 3.12. The Bertz CT molecular complexity index is 403. The van der Waals surface area contributed by atoms with Gasteiger partial charge in [-0.15, -0.1) is 0 Å². The van der Waals surface area contributed by atoms with Crippen LogP contribution in [0.1, 0.15) is 38.3 Å². The SMILES string of the molecule is CCC(CC1CC1)Nc1nccnc1C(N)=S. The number of thiocarbonyl (C=S) groups is 1. The van der Waals surface area contributed by atoms with Crippen LogP contribution >= 0.6 is 12.2 Å². The Morgan fingerprint density at radius 2 is 2.24 bits per heavy atom. The molecular weight excluding hydrogens is 232 g/mol. The number of hydrogen-bond donors (Lipinski definition) is 2. The third-order valence-corrected chi connectivity index (χ3v) is 3.27. The Morgan fingerprint density at radius 3 is 2.82 bits per heavy atom. The monoisotopic (exact) mass is 250 g/mol. The van der Waals surface area contributed by atoms with Gasteiger partial charge in [-0.05, 0) is 18.8 Å². The molecule has 1 heterocycles. The molecule has 17 heavy (non-hydrogen) atoms. The molecule has 92 valence electrons. The van der Waals surface area contributed by atoms with Crippen molar-refractivity contribution in [1.82, 2.24) is 9.97 Å². The molecule has 1 aromatic heterocycles. The summed E-state index contributed by atoms with van der Waals surface area (Å²) >= 11 is 4.97. The molecule has 0 bridgehead atoms. The van der Waals surface area contributed by atoms with Crippen molar-refractivity contribution in [2.75, 3.05) is 5.32 Å². The fourth-order valence-corrected chi connectivity index (χ4v) is 2.05. The van der Waals surface area contributed by atoms with Crippen molar-refractivity contribution in [2.45, 2.75) is 38.6 Å². The second-order valence-corrected chi connectivity index (χ2v) is 4.99. The van der Waals surface area contributed by atoms with Gasteiger partial charge in [-0.25, -0.2) is 9.97 Å². The maximum absolute atomic E-state index is 5.63. The molecule has 1 saturated carbocycles. The second-order valence-electron chi connectivity index (χ2n) is 4.55. The summed E-state index contributed by atoms with van der Waals surface area (Å²) in [6.07, 6.45) is 8.27. The van der Waals surface area contributed by atoms with Crippen LogP contribution in [0.3, 0.4) is 0 Å². The molecule has 0 radical (unpaired) electrons. The van der Waals surface area contributed by atoms with Gasteiger partial charge in [0.1, 0.15) is 10.7 Å². The van der Waals surface area contributed by atoms with Crippen LogP contribution in [0.25, 0.3) is 0 Å². The lowest BCUT2D eigenvalue weighted by Crippen LogP contribution is -2.23. The molecule has 2 rings (SSSR count). The lowest BCUT2D eigenvalue weighted by Gasteiger charge is -2.18. The molecule has 1 atom stereocenters. The molecule has 3 N–H and O–H groups in total. The van der Waals surface area contributed by atoms with Crippen molar-refractivity contribution in [3.8, 4) is 0 Å². The van der Waals surface area contributed by atoms with Crippen molar-refractivity contribution in [3.63, 3.8) is 0 Å². The fourth-order valence-electron chi connectivity index (χ4n) is 1.90. The number of nitrogens with zero attached hydrogens (tertiary/aromatic N) is 2. The van der Waals surface area contributed by atoms with Crippen LogP contribution in [0.15, 0.2) is 12.4 Å². The minimum Gasteiger partial charge on any atom is -0.388 e. The Labute approximate surface area is 107 Å². The topological polar surface area (TPSA) is 63.8 Å². The van der Waals surface area contributed by atoms with E-state index in [1.807, 2.05) is 0 Å². The van der Waals surface area contributed by atoms with Crippen LogP contribution < -0.4 is 11.1 Å². The van der Waals surface area contributed by atoms with Gasteiger partial charge in [0.15, 0.2) is 5.82 Å². The number of anilines is 1. The van der Waals surface area contributed by atoms with E-state index in [9.17, 15) is 0 Å². The van der Waals surface area contributed by atoms with E-state index in [2.05, 4.69) is 22.2 Å². The van der Waals surface area contributed by atoms with E-state index >= 15 is 0 Å². The number of nitrogens with one attached hydrogen (secondary N) is 1. The van der Waals surface area contributed by atoms with Crippen LogP contribution in [0, 0.1) is 5.92 Å². The molecular formula is C12H18N4S. The van der Waals surface area contributed by atoms with Crippen molar-refractivity contribution in [1.29, 1.82) is 0 Å². The Morgan fingerprint density at radius 1 is 1.53 bits per heavy atom. The van der Waals surface area contributed by atoms with Gasteiger partial charge in [0, 0.05) is 18.4 Å². The summed E-state index contributed by atoms with van der Waals surface area (Å²) in [7, 11) is 0. The summed E-state index contributed by atoms with van der Waals surface area (Å²) in [4.78, 5) is 8.74. The van der Waals surface area contributed by atoms with E-state index in [4.69, 9.17) is 18.0 Å². The zero-order chi connectivity index (χ0) is 12.3. The van der Waals surface area contributed by atoms with E-state index in [1.165, 1.54) is 19.3 Å². The van der Waals surface area contributed by atoms with Crippen LogP contribution in [-0.2, 0) is 0 Å². The van der Waals surface area contributed by atoms with E-state index in [1.54, 1.807) is 12.4 Å². The highest BCUT2D eigenvalue weighted by molar-refractivity contribution is 7.80.